The molecule has 0 aromatic heterocycles. The van der Waals surface area contributed by atoms with Gasteiger partial charge in [-0.05, 0) is 38.7 Å². The first-order valence-electron chi connectivity index (χ1n) is 7.95. The Bertz CT molecular complexity index is 525. The summed E-state index contributed by atoms with van der Waals surface area (Å²) < 4.78 is 5.37. The van der Waals surface area contributed by atoms with Gasteiger partial charge in [0.1, 0.15) is 5.75 Å². The number of hydrogen-bond donors (Lipinski definition) is 3. The fraction of sp³-hybridized carbons (Fsp3) is 0.611. The molecule has 0 saturated heterocycles. The number of carbonyl (C=O) groups excluding carboxylic acids is 1. The second-order valence-corrected chi connectivity index (χ2v) is 7.35. The second kappa shape index (κ2) is 7.68. The predicted molar refractivity (Wildman–Crippen MR) is 92.6 cm³/mol. The highest BCUT2D eigenvalue weighted by molar-refractivity contribution is 5.75. The molecule has 0 aliphatic rings. The lowest BCUT2D eigenvalue weighted by Crippen LogP contribution is -2.48. The number of urea groups is 1. The van der Waals surface area contributed by atoms with Crippen LogP contribution < -0.4 is 15.4 Å². The first-order chi connectivity index (χ1) is 10.6. The van der Waals surface area contributed by atoms with Crippen LogP contribution in [-0.4, -0.2) is 30.9 Å². The van der Waals surface area contributed by atoms with Crippen LogP contribution in [0, 0.1) is 5.41 Å². The van der Waals surface area contributed by atoms with Crippen LogP contribution >= 0.6 is 0 Å². The highest BCUT2D eigenvalue weighted by Gasteiger charge is 2.27. The SMILES string of the molecule is COc1ccccc1C(C)(C)NC(=O)NCC(C)(C)CC(C)O. The Hall–Kier alpha value is -1.75. The summed E-state index contributed by atoms with van der Waals surface area (Å²) in [5.74, 6) is 0.743. The number of para-hydroxylation sites is 1. The lowest BCUT2D eigenvalue weighted by Gasteiger charge is -2.30. The van der Waals surface area contributed by atoms with Gasteiger partial charge >= 0.3 is 6.03 Å². The zero-order chi connectivity index (χ0) is 17.7. The third kappa shape index (κ3) is 6.10. The number of methoxy groups -OCH3 is 1. The molecule has 3 N–H and O–H groups in total. The van der Waals surface area contributed by atoms with E-state index in [1.54, 1.807) is 14.0 Å². The van der Waals surface area contributed by atoms with Crippen molar-refractivity contribution in [3.05, 3.63) is 29.8 Å². The number of nitrogens with one attached hydrogen (secondary N) is 2. The Morgan fingerprint density at radius 2 is 1.87 bits per heavy atom. The van der Waals surface area contributed by atoms with E-state index < -0.39 is 5.54 Å². The molecular weight excluding hydrogens is 292 g/mol. The molecule has 5 nitrogen and oxygen atoms in total. The topological polar surface area (TPSA) is 70.6 Å². The first kappa shape index (κ1) is 19.3. The molecule has 0 aliphatic heterocycles. The number of carbonyl (C=O) groups is 1. The van der Waals surface area contributed by atoms with E-state index in [4.69, 9.17) is 4.74 Å². The van der Waals surface area contributed by atoms with Crippen LogP contribution in [0.3, 0.4) is 0 Å². The zero-order valence-corrected chi connectivity index (χ0v) is 15.1. The lowest BCUT2D eigenvalue weighted by atomic mass is 9.87. The number of hydrogen-bond acceptors (Lipinski definition) is 3. The number of aliphatic hydroxyl groups is 1. The van der Waals surface area contributed by atoms with Crippen LogP contribution in [-0.2, 0) is 5.54 Å². The van der Waals surface area contributed by atoms with Gasteiger partial charge in [-0.3, -0.25) is 0 Å². The van der Waals surface area contributed by atoms with Gasteiger partial charge in [-0.1, -0.05) is 32.0 Å². The van der Waals surface area contributed by atoms with Gasteiger partial charge in [0.25, 0.3) is 0 Å². The van der Waals surface area contributed by atoms with E-state index in [2.05, 4.69) is 10.6 Å². The summed E-state index contributed by atoms with van der Waals surface area (Å²) in [6.45, 7) is 10.2. The van der Waals surface area contributed by atoms with Crippen LogP contribution in [0.2, 0.25) is 0 Å². The van der Waals surface area contributed by atoms with Crippen molar-refractivity contribution in [3.63, 3.8) is 0 Å². The average molecular weight is 322 g/mol. The van der Waals surface area contributed by atoms with Crippen LogP contribution in [0.4, 0.5) is 4.79 Å². The Kier molecular flexibility index (Phi) is 6.45. The van der Waals surface area contributed by atoms with Crippen molar-refractivity contribution >= 4 is 6.03 Å². The van der Waals surface area contributed by atoms with Crippen molar-refractivity contribution in [1.29, 1.82) is 0 Å². The molecule has 1 rings (SSSR count). The maximum atomic E-state index is 12.2. The number of amides is 2. The number of benzene rings is 1. The maximum absolute atomic E-state index is 12.2. The van der Waals surface area contributed by atoms with Gasteiger partial charge in [0.05, 0.1) is 18.8 Å². The number of aliphatic hydroxyl groups excluding tert-OH is 1. The second-order valence-electron chi connectivity index (χ2n) is 7.35. The molecule has 0 radical (unpaired) electrons. The predicted octanol–water partition coefficient (Wildman–Crippen LogP) is 3.03. The van der Waals surface area contributed by atoms with Crippen LogP contribution in [0.1, 0.15) is 46.6 Å². The minimum atomic E-state index is -0.564. The highest BCUT2D eigenvalue weighted by Crippen LogP contribution is 2.29. The molecule has 1 unspecified atom stereocenters. The third-order valence-electron chi connectivity index (χ3n) is 3.78. The van der Waals surface area contributed by atoms with E-state index in [-0.39, 0.29) is 17.6 Å². The molecule has 0 spiro atoms. The lowest BCUT2D eigenvalue weighted by molar-refractivity contribution is 0.128. The quantitative estimate of drug-likeness (QED) is 0.722. The minimum absolute atomic E-state index is 0.167. The number of rotatable bonds is 7. The molecule has 0 heterocycles. The summed E-state index contributed by atoms with van der Waals surface area (Å²) in [5, 5.41) is 15.4. The molecule has 1 aromatic rings. The Balaban J connectivity index is 2.69. The molecule has 0 aliphatic carbocycles. The van der Waals surface area contributed by atoms with Crippen molar-refractivity contribution in [2.24, 2.45) is 5.41 Å². The summed E-state index contributed by atoms with van der Waals surface area (Å²) in [6.07, 6.45) is 0.239. The van der Waals surface area contributed by atoms with Crippen molar-refractivity contribution in [2.75, 3.05) is 13.7 Å². The molecule has 5 heteroatoms. The number of ether oxygens (including phenoxy) is 1. The van der Waals surface area contributed by atoms with Crippen LogP contribution in [0.25, 0.3) is 0 Å². The minimum Gasteiger partial charge on any atom is -0.496 e. The van der Waals surface area contributed by atoms with E-state index in [9.17, 15) is 9.90 Å². The Morgan fingerprint density at radius 3 is 2.43 bits per heavy atom. The van der Waals surface area contributed by atoms with E-state index in [1.807, 2.05) is 52.0 Å². The van der Waals surface area contributed by atoms with Crippen LogP contribution in [0.15, 0.2) is 24.3 Å². The van der Waals surface area contributed by atoms with Crippen molar-refractivity contribution in [2.45, 2.75) is 52.7 Å². The molecule has 0 saturated carbocycles. The Morgan fingerprint density at radius 1 is 1.26 bits per heavy atom. The van der Waals surface area contributed by atoms with E-state index >= 15 is 0 Å². The summed E-state index contributed by atoms with van der Waals surface area (Å²) in [5.41, 5.74) is 0.187. The van der Waals surface area contributed by atoms with Gasteiger partial charge in [0, 0.05) is 12.1 Å². The third-order valence-corrected chi connectivity index (χ3v) is 3.78. The largest absolute Gasteiger partial charge is 0.496 e. The molecule has 0 bridgehead atoms. The summed E-state index contributed by atoms with van der Waals surface area (Å²) in [4.78, 5) is 12.2. The fourth-order valence-electron chi connectivity index (χ4n) is 2.75. The first-order valence-corrected chi connectivity index (χ1v) is 7.95. The van der Waals surface area contributed by atoms with Gasteiger partial charge in [0.15, 0.2) is 0 Å². The molecule has 2 amide bonds. The van der Waals surface area contributed by atoms with Gasteiger partial charge in [-0.15, -0.1) is 0 Å². The average Bonchev–Trinajstić information content (AvgIpc) is 2.43. The normalized spacial score (nSPS) is 13.3. The highest BCUT2D eigenvalue weighted by atomic mass is 16.5. The summed E-state index contributed by atoms with van der Waals surface area (Å²) in [7, 11) is 1.62. The molecule has 1 aromatic carbocycles. The van der Waals surface area contributed by atoms with Crippen molar-refractivity contribution in [1.82, 2.24) is 10.6 Å². The molecule has 130 valence electrons. The van der Waals surface area contributed by atoms with Gasteiger partial charge in [-0.2, -0.15) is 0 Å². The van der Waals surface area contributed by atoms with Gasteiger partial charge in [-0.25, -0.2) is 4.79 Å². The molecular formula is C18H30N2O3. The van der Waals surface area contributed by atoms with Crippen molar-refractivity contribution in [3.8, 4) is 5.75 Å². The molecule has 1 atom stereocenters. The Labute approximate surface area is 139 Å². The van der Waals surface area contributed by atoms with Gasteiger partial charge in [0.2, 0.25) is 0 Å². The smallest absolute Gasteiger partial charge is 0.315 e. The van der Waals surface area contributed by atoms with Gasteiger partial charge < -0.3 is 20.5 Å². The fourth-order valence-corrected chi connectivity index (χ4v) is 2.75. The summed E-state index contributed by atoms with van der Waals surface area (Å²) in [6, 6.07) is 7.40. The molecule has 23 heavy (non-hydrogen) atoms. The zero-order valence-electron chi connectivity index (χ0n) is 15.1. The van der Waals surface area contributed by atoms with Crippen LogP contribution in [0.5, 0.6) is 5.75 Å². The maximum Gasteiger partial charge on any atom is 0.315 e. The van der Waals surface area contributed by atoms with Crippen molar-refractivity contribution < 1.29 is 14.6 Å². The monoisotopic (exact) mass is 322 g/mol. The van der Waals surface area contributed by atoms with E-state index in [0.29, 0.717) is 13.0 Å². The summed E-state index contributed by atoms with van der Waals surface area (Å²) >= 11 is 0. The molecule has 0 fully saturated rings. The van der Waals surface area contributed by atoms with E-state index in [0.717, 1.165) is 11.3 Å². The standard InChI is InChI=1S/C18H30N2O3/c1-13(21)11-17(2,3)12-19-16(22)20-18(4,5)14-9-7-8-10-15(14)23-6/h7-10,13,21H,11-12H2,1-6H3,(H2,19,20,22). The van der Waals surface area contributed by atoms with E-state index in [1.165, 1.54) is 0 Å².